The molecule has 0 bridgehead atoms. The largest absolute Gasteiger partial charge is 0.383 e. The predicted molar refractivity (Wildman–Crippen MR) is 79.0 cm³/mol. The first-order valence-corrected chi connectivity index (χ1v) is 6.75. The molecule has 6 nitrogen and oxygen atoms in total. The fraction of sp³-hybridized carbons (Fsp3) is 0.571. The van der Waals surface area contributed by atoms with Crippen LogP contribution in [-0.4, -0.2) is 56.8 Å². The summed E-state index contributed by atoms with van der Waals surface area (Å²) in [6.45, 7) is 4.45. The topological polar surface area (TPSA) is 67.6 Å². The molecule has 6 heteroatoms. The molecule has 0 amide bonds. The van der Waals surface area contributed by atoms with Gasteiger partial charge in [-0.15, -0.1) is 0 Å². The van der Waals surface area contributed by atoms with Crippen LogP contribution in [0.2, 0.25) is 0 Å². The molecule has 0 spiro atoms. The number of nitrogens with zero attached hydrogens (tertiary/aromatic N) is 2. The molecule has 0 saturated carbocycles. The Balaban J connectivity index is 2.13. The molecule has 0 aliphatic heterocycles. The van der Waals surface area contributed by atoms with Gasteiger partial charge in [-0.3, -0.25) is 10.1 Å². The number of rotatable bonds is 10. The second-order valence-corrected chi connectivity index (χ2v) is 4.72. The number of methoxy groups -OCH3 is 1. The zero-order valence-corrected chi connectivity index (χ0v) is 12.2. The molecule has 1 rings (SSSR count). The van der Waals surface area contributed by atoms with Gasteiger partial charge >= 0.3 is 0 Å². The lowest BCUT2D eigenvalue weighted by molar-refractivity contribution is -0.384. The molecule has 0 aliphatic carbocycles. The van der Waals surface area contributed by atoms with Crippen LogP contribution >= 0.6 is 0 Å². The second-order valence-electron chi connectivity index (χ2n) is 4.72. The highest BCUT2D eigenvalue weighted by Crippen LogP contribution is 2.11. The summed E-state index contributed by atoms with van der Waals surface area (Å²) in [7, 11) is 3.77. The van der Waals surface area contributed by atoms with Crippen LogP contribution in [0.4, 0.5) is 5.69 Å². The van der Waals surface area contributed by atoms with Crippen LogP contribution in [0, 0.1) is 10.1 Å². The lowest BCUT2D eigenvalue weighted by Gasteiger charge is -2.16. The zero-order chi connectivity index (χ0) is 14.8. The van der Waals surface area contributed by atoms with Gasteiger partial charge in [-0.2, -0.15) is 0 Å². The number of hydrogen-bond donors (Lipinski definition) is 1. The lowest BCUT2D eigenvalue weighted by Crippen LogP contribution is -2.32. The third-order valence-electron chi connectivity index (χ3n) is 3.09. The summed E-state index contributed by atoms with van der Waals surface area (Å²) in [5.41, 5.74) is 1.25. The van der Waals surface area contributed by atoms with Gasteiger partial charge in [0.05, 0.1) is 11.5 Å². The minimum atomic E-state index is -0.377. The molecule has 0 heterocycles. The Morgan fingerprint density at radius 1 is 1.25 bits per heavy atom. The Labute approximate surface area is 119 Å². The molecule has 1 aromatic carbocycles. The monoisotopic (exact) mass is 281 g/mol. The normalized spacial score (nSPS) is 10.9. The first kappa shape index (κ1) is 16.6. The van der Waals surface area contributed by atoms with E-state index in [1.165, 1.54) is 0 Å². The van der Waals surface area contributed by atoms with Gasteiger partial charge in [-0.1, -0.05) is 12.1 Å². The highest BCUT2D eigenvalue weighted by molar-refractivity contribution is 5.32. The van der Waals surface area contributed by atoms with Crippen molar-refractivity contribution in [3.8, 4) is 0 Å². The Hall–Kier alpha value is -1.50. The van der Waals surface area contributed by atoms with Crippen LogP contribution in [0.15, 0.2) is 24.3 Å². The number of likely N-dealkylation sites (N-methyl/N-ethyl adjacent to an activating group) is 1. The van der Waals surface area contributed by atoms with Gasteiger partial charge in [-0.05, 0) is 25.6 Å². The van der Waals surface area contributed by atoms with E-state index in [2.05, 4.69) is 17.3 Å². The number of nitrogens with one attached hydrogen (secondary N) is 1. The smallest absolute Gasteiger partial charge is 0.269 e. The summed E-state index contributed by atoms with van der Waals surface area (Å²) >= 11 is 0. The first-order chi connectivity index (χ1) is 9.63. The number of nitro benzene ring substituents is 1. The number of ether oxygens (including phenoxy) is 1. The highest BCUT2D eigenvalue weighted by Gasteiger charge is 2.03. The van der Waals surface area contributed by atoms with Crippen molar-refractivity contribution in [3.63, 3.8) is 0 Å². The quantitative estimate of drug-likeness (QED) is 0.398. The molecular formula is C14H23N3O3. The maximum atomic E-state index is 10.5. The van der Waals surface area contributed by atoms with Crippen LogP contribution < -0.4 is 5.32 Å². The molecule has 0 aromatic heterocycles. The van der Waals surface area contributed by atoms with E-state index in [-0.39, 0.29) is 10.6 Å². The number of non-ortho nitro benzene ring substituents is 1. The number of benzene rings is 1. The predicted octanol–water partition coefficient (Wildman–Crippen LogP) is 1.31. The standard InChI is InChI=1S/C14H23N3O3/c1-16(11-12-20-2)10-9-15-8-7-13-3-5-14(6-4-13)17(18)19/h3-6,15H,7-12H2,1-2H3. The Morgan fingerprint density at radius 3 is 2.55 bits per heavy atom. The van der Waals surface area contributed by atoms with Gasteiger partial charge in [0, 0.05) is 38.9 Å². The second kappa shape index (κ2) is 9.41. The molecule has 0 radical (unpaired) electrons. The average Bonchev–Trinajstić information content (AvgIpc) is 2.45. The van der Waals surface area contributed by atoms with Crippen molar-refractivity contribution in [1.29, 1.82) is 0 Å². The zero-order valence-electron chi connectivity index (χ0n) is 12.2. The summed E-state index contributed by atoms with van der Waals surface area (Å²) in [6.07, 6.45) is 0.875. The van der Waals surface area contributed by atoms with E-state index in [1.54, 1.807) is 19.2 Å². The third kappa shape index (κ3) is 6.60. The van der Waals surface area contributed by atoms with E-state index in [4.69, 9.17) is 4.74 Å². The van der Waals surface area contributed by atoms with Gasteiger partial charge in [0.25, 0.3) is 5.69 Å². The van der Waals surface area contributed by atoms with Crippen LogP contribution in [0.25, 0.3) is 0 Å². The lowest BCUT2D eigenvalue weighted by atomic mass is 10.1. The van der Waals surface area contributed by atoms with Crippen LogP contribution in [-0.2, 0) is 11.2 Å². The van der Waals surface area contributed by atoms with Gasteiger partial charge < -0.3 is 15.0 Å². The minimum Gasteiger partial charge on any atom is -0.383 e. The number of hydrogen-bond acceptors (Lipinski definition) is 5. The van der Waals surface area contributed by atoms with E-state index < -0.39 is 0 Å². The summed E-state index contributed by atoms with van der Waals surface area (Å²) in [4.78, 5) is 12.4. The molecule has 112 valence electrons. The van der Waals surface area contributed by atoms with E-state index in [0.717, 1.165) is 44.8 Å². The van der Waals surface area contributed by atoms with Gasteiger partial charge in [0.1, 0.15) is 0 Å². The van der Waals surface area contributed by atoms with Crippen LogP contribution in [0.5, 0.6) is 0 Å². The van der Waals surface area contributed by atoms with Crippen molar-refractivity contribution in [2.24, 2.45) is 0 Å². The fourth-order valence-corrected chi connectivity index (χ4v) is 1.77. The first-order valence-electron chi connectivity index (χ1n) is 6.75. The molecular weight excluding hydrogens is 258 g/mol. The number of nitro groups is 1. The van der Waals surface area contributed by atoms with Gasteiger partial charge in [0.2, 0.25) is 0 Å². The maximum absolute atomic E-state index is 10.5. The molecule has 0 aliphatic rings. The average molecular weight is 281 g/mol. The van der Waals surface area contributed by atoms with Crippen molar-refractivity contribution in [3.05, 3.63) is 39.9 Å². The molecule has 0 atom stereocenters. The highest BCUT2D eigenvalue weighted by atomic mass is 16.6. The summed E-state index contributed by atoms with van der Waals surface area (Å²) < 4.78 is 5.01. The van der Waals surface area contributed by atoms with Crippen molar-refractivity contribution < 1.29 is 9.66 Å². The summed E-state index contributed by atoms with van der Waals surface area (Å²) in [5.74, 6) is 0. The molecule has 1 aromatic rings. The Morgan fingerprint density at radius 2 is 1.95 bits per heavy atom. The van der Waals surface area contributed by atoms with E-state index in [0.29, 0.717) is 0 Å². The van der Waals surface area contributed by atoms with Crippen molar-refractivity contribution in [1.82, 2.24) is 10.2 Å². The molecule has 0 saturated heterocycles. The van der Waals surface area contributed by atoms with E-state index >= 15 is 0 Å². The fourth-order valence-electron chi connectivity index (χ4n) is 1.77. The van der Waals surface area contributed by atoms with E-state index in [1.807, 2.05) is 12.1 Å². The Kier molecular flexibility index (Phi) is 7.79. The molecule has 1 N–H and O–H groups in total. The van der Waals surface area contributed by atoms with Gasteiger partial charge in [-0.25, -0.2) is 0 Å². The molecule has 20 heavy (non-hydrogen) atoms. The van der Waals surface area contributed by atoms with Crippen molar-refractivity contribution >= 4 is 5.69 Å². The molecule has 0 fully saturated rings. The van der Waals surface area contributed by atoms with E-state index in [9.17, 15) is 10.1 Å². The van der Waals surface area contributed by atoms with Crippen LogP contribution in [0.3, 0.4) is 0 Å². The van der Waals surface area contributed by atoms with Crippen molar-refractivity contribution in [2.75, 3.05) is 46.9 Å². The maximum Gasteiger partial charge on any atom is 0.269 e. The molecule has 0 unspecified atom stereocenters. The third-order valence-corrected chi connectivity index (χ3v) is 3.09. The summed E-state index contributed by atoms with van der Waals surface area (Å²) in [6, 6.07) is 6.72. The Bertz CT molecular complexity index is 395. The SMILES string of the molecule is COCCN(C)CCNCCc1ccc([N+](=O)[O-])cc1. The van der Waals surface area contributed by atoms with Crippen molar-refractivity contribution in [2.45, 2.75) is 6.42 Å². The summed E-state index contributed by atoms with van der Waals surface area (Å²) in [5, 5.41) is 13.9. The van der Waals surface area contributed by atoms with Gasteiger partial charge in [0.15, 0.2) is 0 Å². The van der Waals surface area contributed by atoms with Crippen LogP contribution in [0.1, 0.15) is 5.56 Å². The minimum absolute atomic E-state index is 0.140.